The van der Waals surface area contributed by atoms with E-state index in [1.807, 2.05) is 6.92 Å². The summed E-state index contributed by atoms with van der Waals surface area (Å²) in [5, 5.41) is 5.79. The average molecular weight is 298 g/mol. The number of halogens is 1. The van der Waals surface area contributed by atoms with Crippen molar-refractivity contribution in [3.8, 4) is 5.75 Å². The van der Waals surface area contributed by atoms with E-state index in [-0.39, 0.29) is 18.3 Å². The van der Waals surface area contributed by atoms with Gasteiger partial charge in [-0.3, -0.25) is 4.79 Å². The molecule has 0 bridgehead atoms. The van der Waals surface area contributed by atoms with Gasteiger partial charge in [-0.25, -0.2) is 4.39 Å². The summed E-state index contributed by atoms with van der Waals surface area (Å²) in [7, 11) is 1.61. The van der Waals surface area contributed by atoms with Crippen LogP contribution in [0.1, 0.15) is 18.9 Å². The zero-order chi connectivity index (χ0) is 15.5. The van der Waals surface area contributed by atoms with Gasteiger partial charge in [-0.15, -0.1) is 0 Å². The maximum atomic E-state index is 13.8. The van der Waals surface area contributed by atoms with E-state index in [9.17, 15) is 9.18 Å². The molecule has 1 aromatic carbocycles. The number of hydrogen-bond donors (Lipinski definition) is 2. The van der Waals surface area contributed by atoms with Crippen LogP contribution in [-0.2, 0) is 16.1 Å². The maximum Gasteiger partial charge on any atom is 0.257 e. The van der Waals surface area contributed by atoms with Crippen molar-refractivity contribution in [2.24, 2.45) is 0 Å². The molecule has 0 fully saturated rings. The van der Waals surface area contributed by atoms with Gasteiger partial charge in [0.25, 0.3) is 5.91 Å². The summed E-state index contributed by atoms with van der Waals surface area (Å²) >= 11 is 0. The summed E-state index contributed by atoms with van der Waals surface area (Å²) in [5.41, 5.74) is 0.698. The topological polar surface area (TPSA) is 59.6 Å². The van der Waals surface area contributed by atoms with Crippen LogP contribution in [0.4, 0.5) is 4.39 Å². The van der Waals surface area contributed by atoms with Gasteiger partial charge in [-0.1, -0.05) is 19.1 Å². The normalized spacial score (nSPS) is 10.4. The zero-order valence-electron chi connectivity index (χ0n) is 12.6. The van der Waals surface area contributed by atoms with E-state index in [4.69, 9.17) is 9.47 Å². The fraction of sp³-hybridized carbons (Fsp3) is 0.533. The molecular formula is C15H23FN2O3. The molecule has 1 rings (SSSR count). The van der Waals surface area contributed by atoms with Crippen LogP contribution in [0.25, 0.3) is 0 Å². The molecule has 1 amide bonds. The van der Waals surface area contributed by atoms with Crippen molar-refractivity contribution in [1.82, 2.24) is 10.6 Å². The molecule has 21 heavy (non-hydrogen) atoms. The SMILES string of the molecule is CCNCc1cccc(F)c1OCC(=O)NCCCOC. The van der Waals surface area contributed by atoms with Crippen molar-refractivity contribution in [1.29, 1.82) is 0 Å². The lowest BCUT2D eigenvalue weighted by molar-refractivity contribution is -0.123. The van der Waals surface area contributed by atoms with E-state index >= 15 is 0 Å². The number of para-hydroxylation sites is 1. The van der Waals surface area contributed by atoms with Crippen LogP contribution < -0.4 is 15.4 Å². The molecule has 0 saturated carbocycles. The van der Waals surface area contributed by atoms with Crippen LogP contribution >= 0.6 is 0 Å². The highest BCUT2D eigenvalue weighted by Gasteiger charge is 2.11. The highest BCUT2D eigenvalue weighted by molar-refractivity contribution is 5.77. The van der Waals surface area contributed by atoms with E-state index in [2.05, 4.69) is 10.6 Å². The predicted molar refractivity (Wildman–Crippen MR) is 78.8 cm³/mol. The zero-order valence-corrected chi connectivity index (χ0v) is 12.6. The summed E-state index contributed by atoms with van der Waals surface area (Å²) < 4.78 is 24.0. The van der Waals surface area contributed by atoms with Gasteiger partial charge in [0.05, 0.1) is 0 Å². The molecule has 0 aliphatic heterocycles. The number of methoxy groups -OCH3 is 1. The van der Waals surface area contributed by atoms with Gasteiger partial charge in [-0.05, 0) is 19.0 Å². The second kappa shape index (κ2) is 10.1. The monoisotopic (exact) mass is 298 g/mol. The molecule has 0 heterocycles. The Kier molecular flexibility index (Phi) is 8.38. The predicted octanol–water partition coefficient (Wildman–Crippen LogP) is 1.47. The number of benzene rings is 1. The number of amides is 1. The van der Waals surface area contributed by atoms with E-state index in [1.54, 1.807) is 19.2 Å². The van der Waals surface area contributed by atoms with Crippen LogP contribution in [0.5, 0.6) is 5.75 Å². The molecule has 0 spiro atoms. The maximum absolute atomic E-state index is 13.8. The molecule has 6 heteroatoms. The van der Waals surface area contributed by atoms with Gasteiger partial charge < -0.3 is 20.1 Å². The van der Waals surface area contributed by atoms with E-state index in [0.717, 1.165) is 13.0 Å². The first-order valence-electron chi connectivity index (χ1n) is 7.05. The Hall–Kier alpha value is -1.66. The molecule has 0 unspecified atom stereocenters. The van der Waals surface area contributed by atoms with Crippen molar-refractivity contribution < 1.29 is 18.7 Å². The minimum atomic E-state index is -0.461. The number of hydrogen-bond acceptors (Lipinski definition) is 4. The fourth-order valence-corrected chi connectivity index (χ4v) is 1.75. The molecule has 0 saturated heterocycles. The van der Waals surface area contributed by atoms with Gasteiger partial charge in [0.15, 0.2) is 18.2 Å². The second-order valence-electron chi connectivity index (χ2n) is 4.49. The first-order valence-corrected chi connectivity index (χ1v) is 7.05. The Morgan fingerprint density at radius 1 is 1.38 bits per heavy atom. The van der Waals surface area contributed by atoms with Gasteiger partial charge in [0.2, 0.25) is 0 Å². The van der Waals surface area contributed by atoms with Crippen molar-refractivity contribution in [2.45, 2.75) is 19.9 Å². The first kappa shape index (κ1) is 17.4. The largest absolute Gasteiger partial charge is 0.480 e. The molecule has 0 aliphatic carbocycles. The third-order valence-electron chi connectivity index (χ3n) is 2.81. The summed E-state index contributed by atoms with van der Waals surface area (Å²) in [6, 6.07) is 4.72. The Morgan fingerprint density at radius 2 is 2.19 bits per heavy atom. The third kappa shape index (κ3) is 6.55. The van der Waals surface area contributed by atoms with Crippen LogP contribution in [0, 0.1) is 5.82 Å². The Morgan fingerprint density at radius 3 is 2.90 bits per heavy atom. The Balaban J connectivity index is 2.48. The van der Waals surface area contributed by atoms with Crippen molar-refractivity contribution >= 4 is 5.91 Å². The second-order valence-corrected chi connectivity index (χ2v) is 4.49. The highest BCUT2D eigenvalue weighted by atomic mass is 19.1. The minimum Gasteiger partial charge on any atom is -0.480 e. The van der Waals surface area contributed by atoms with Gasteiger partial charge in [-0.2, -0.15) is 0 Å². The number of carbonyl (C=O) groups excluding carboxylic acids is 1. The number of rotatable bonds is 10. The Labute approximate surface area is 124 Å². The van der Waals surface area contributed by atoms with Crippen LogP contribution in [0.3, 0.4) is 0 Å². The van der Waals surface area contributed by atoms with Crippen LogP contribution in [0.2, 0.25) is 0 Å². The van der Waals surface area contributed by atoms with Gasteiger partial charge in [0.1, 0.15) is 0 Å². The average Bonchev–Trinajstić information content (AvgIpc) is 2.48. The Bertz CT molecular complexity index is 441. The van der Waals surface area contributed by atoms with Gasteiger partial charge >= 0.3 is 0 Å². The molecule has 118 valence electrons. The molecule has 0 radical (unpaired) electrons. The first-order chi connectivity index (χ1) is 10.2. The minimum absolute atomic E-state index is 0.130. The summed E-state index contributed by atoms with van der Waals surface area (Å²) in [4.78, 5) is 11.6. The van der Waals surface area contributed by atoms with E-state index in [0.29, 0.717) is 25.3 Å². The smallest absolute Gasteiger partial charge is 0.257 e. The standard InChI is InChI=1S/C15H23FN2O3/c1-3-17-10-12-6-4-7-13(16)15(12)21-11-14(19)18-8-5-9-20-2/h4,6-7,17H,3,5,8-11H2,1-2H3,(H,18,19). The quantitative estimate of drug-likeness (QED) is 0.642. The molecule has 0 aromatic heterocycles. The highest BCUT2D eigenvalue weighted by Crippen LogP contribution is 2.22. The van der Waals surface area contributed by atoms with Crippen LogP contribution in [-0.4, -0.2) is 39.3 Å². The summed E-state index contributed by atoms with van der Waals surface area (Å²) in [5.74, 6) is -0.605. The van der Waals surface area contributed by atoms with Gasteiger partial charge in [0, 0.05) is 32.4 Å². The molecule has 5 nitrogen and oxygen atoms in total. The molecular weight excluding hydrogens is 275 g/mol. The number of carbonyl (C=O) groups is 1. The number of nitrogens with one attached hydrogen (secondary N) is 2. The molecule has 0 aliphatic rings. The van der Waals surface area contributed by atoms with Crippen molar-refractivity contribution in [3.63, 3.8) is 0 Å². The summed E-state index contributed by atoms with van der Waals surface area (Å²) in [6.45, 7) is 4.13. The molecule has 1 aromatic rings. The lowest BCUT2D eigenvalue weighted by Gasteiger charge is -2.12. The van der Waals surface area contributed by atoms with E-state index in [1.165, 1.54) is 6.07 Å². The summed E-state index contributed by atoms with van der Waals surface area (Å²) in [6.07, 6.45) is 0.730. The van der Waals surface area contributed by atoms with Crippen LogP contribution in [0.15, 0.2) is 18.2 Å². The molecule has 0 atom stereocenters. The van der Waals surface area contributed by atoms with Crippen molar-refractivity contribution in [3.05, 3.63) is 29.6 Å². The molecule has 2 N–H and O–H groups in total. The van der Waals surface area contributed by atoms with E-state index < -0.39 is 5.82 Å². The third-order valence-corrected chi connectivity index (χ3v) is 2.81. The lowest BCUT2D eigenvalue weighted by atomic mass is 10.2. The lowest BCUT2D eigenvalue weighted by Crippen LogP contribution is -2.30. The fourth-order valence-electron chi connectivity index (χ4n) is 1.75. The van der Waals surface area contributed by atoms with Crippen molar-refractivity contribution in [2.75, 3.05) is 33.4 Å². The number of ether oxygens (including phenoxy) is 2.